The van der Waals surface area contributed by atoms with Gasteiger partial charge in [-0.3, -0.25) is 4.90 Å². The highest BCUT2D eigenvalue weighted by molar-refractivity contribution is 7.13. The molecule has 3 rings (SSSR count). The number of thiophene rings is 1. The number of benzene rings is 1. The second-order valence-corrected chi connectivity index (χ2v) is 7.37. The van der Waals surface area contributed by atoms with Gasteiger partial charge >= 0.3 is 0 Å². The van der Waals surface area contributed by atoms with Gasteiger partial charge in [0.25, 0.3) is 0 Å². The molecular weight excluding hydrogens is 336 g/mol. The van der Waals surface area contributed by atoms with Crippen LogP contribution in [0.15, 0.2) is 47.2 Å². The van der Waals surface area contributed by atoms with Crippen LogP contribution in [0.5, 0.6) is 5.75 Å². The minimum Gasteiger partial charge on any atom is -0.494 e. The number of hydrogen-bond donors (Lipinski definition) is 0. The highest BCUT2D eigenvalue weighted by Crippen LogP contribution is 2.26. The van der Waals surface area contributed by atoms with Crippen LogP contribution in [-0.4, -0.2) is 23.0 Å². The lowest BCUT2D eigenvalue weighted by atomic mass is 10.2. The molecule has 0 aliphatic carbocycles. The molecule has 0 aliphatic heterocycles. The van der Waals surface area contributed by atoms with Crippen molar-refractivity contribution in [3.63, 3.8) is 0 Å². The molecule has 0 radical (unpaired) electrons. The number of aromatic nitrogens is 1. The first kappa shape index (κ1) is 17.1. The minimum absolute atomic E-state index is 0.692. The third-order valence-corrected chi connectivity index (χ3v) is 5.56. The van der Waals surface area contributed by atoms with E-state index >= 15 is 0 Å². The van der Waals surface area contributed by atoms with Crippen LogP contribution in [0.4, 0.5) is 0 Å². The fourth-order valence-corrected chi connectivity index (χ4v) is 4.07. The third kappa shape index (κ3) is 4.44. The molecule has 0 atom stereocenters. The highest BCUT2D eigenvalue weighted by Gasteiger charge is 2.10. The topological polar surface area (TPSA) is 25.4 Å². The summed E-state index contributed by atoms with van der Waals surface area (Å²) in [5.74, 6) is 0.908. The van der Waals surface area contributed by atoms with Crippen molar-refractivity contribution in [2.75, 3.05) is 13.2 Å². The van der Waals surface area contributed by atoms with E-state index in [-0.39, 0.29) is 0 Å². The molecule has 3 aromatic rings. The Morgan fingerprint density at radius 2 is 1.88 bits per heavy atom. The quantitative estimate of drug-likeness (QED) is 0.547. The zero-order valence-electron chi connectivity index (χ0n) is 14.1. The molecule has 24 heavy (non-hydrogen) atoms. The first-order valence-corrected chi connectivity index (χ1v) is 9.96. The van der Waals surface area contributed by atoms with Crippen molar-refractivity contribution < 1.29 is 4.74 Å². The van der Waals surface area contributed by atoms with E-state index in [2.05, 4.69) is 46.8 Å². The average Bonchev–Trinajstić information content (AvgIpc) is 3.27. The molecule has 5 heteroatoms. The molecule has 0 saturated heterocycles. The van der Waals surface area contributed by atoms with Gasteiger partial charge in [0.1, 0.15) is 10.8 Å². The van der Waals surface area contributed by atoms with Crippen LogP contribution in [-0.2, 0) is 13.1 Å². The van der Waals surface area contributed by atoms with E-state index in [1.54, 1.807) is 11.3 Å². The lowest BCUT2D eigenvalue weighted by Crippen LogP contribution is -2.21. The van der Waals surface area contributed by atoms with Gasteiger partial charge in [-0.1, -0.05) is 13.0 Å². The Labute approximate surface area is 151 Å². The SMILES string of the molecule is CCOc1ccc(-c2nc(CN(CC)Cc3cccs3)cs2)cc1. The van der Waals surface area contributed by atoms with Crippen molar-refractivity contribution in [3.05, 3.63) is 57.7 Å². The largest absolute Gasteiger partial charge is 0.494 e. The van der Waals surface area contributed by atoms with E-state index in [4.69, 9.17) is 9.72 Å². The first-order chi connectivity index (χ1) is 11.8. The first-order valence-electron chi connectivity index (χ1n) is 8.21. The van der Waals surface area contributed by atoms with Crippen molar-refractivity contribution in [2.24, 2.45) is 0 Å². The molecule has 3 nitrogen and oxygen atoms in total. The van der Waals surface area contributed by atoms with Crippen LogP contribution >= 0.6 is 22.7 Å². The monoisotopic (exact) mass is 358 g/mol. The molecule has 0 fully saturated rings. The van der Waals surface area contributed by atoms with E-state index < -0.39 is 0 Å². The summed E-state index contributed by atoms with van der Waals surface area (Å²) in [7, 11) is 0. The fraction of sp³-hybridized carbons (Fsp3) is 0.316. The molecule has 126 valence electrons. The van der Waals surface area contributed by atoms with Crippen LogP contribution < -0.4 is 4.74 Å². The van der Waals surface area contributed by atoms with Gasteiger partial charge in [0.2, 0.25) is 0 Å². The van der Waals surface area contributed by atoms with Crippen molar-refractivity contribution >= 4 is 22.7 Å². The van der Waals surface area contributed by atoms with Crippen LogP contribution in [0.1, 0.15) is 24.4 Å². The third-order valence-electron chi connectivity index (χ3n) is 3.76. The van der Waals surface area contributed by atoms with Gasteiger partial charge in [-0.15, -0.1) is 22.7 Å². The number of hydrogen-bond acceptors (Lipinski definition) is 5. The van der Waals surface area contributed by atoms with Crippen molar-refractivity contribution in [3.8, 4) is 16.3 Å². The maximum Gasteiger partial charge on any atom is 0.123 e. The second-order valence-electron chi connectivity index (χ2n) is 5.48. The summed E-state index contributed by atoms with van der Waals surface area (Å²) >= 11 is 3.52. The summed E-state index contributed by atoms with van der Waals surface area (Å²) in [6.45, 7) is 7.79. The summed E-state index contributed by atoms with van der Waals surface area (Å²) in [6.07, 6.45) is 0. The summed E-state index contributed by atoms with van der Waals surface area (Å²) in [4.78, 5) is 8.63. The Kier molecular flexibility index (Phi) is 6.01. The van der Waals surface area contributed by atoms with Crippen LogP contribution in [0.25, 0.3) is 10.6 Å². The Bertz CT molecular complexity index is 735. The molecule has 0 N–H and O–H groups in total. The molecule has 0 saturated carbocycles. The number of ether oxygens (including phenoxy) is 1. The molecule has 0 bridgehead atoms. The van der Waals surface area contributed by atoms with Crippen LogP contribution in [0, 0.1) is 0 Å². The number of rotatable bonds is 8. The maximum absolute atomic E-state index is 5.50. The predicted molar refractivity (Wildman–Crippen MR) is 103 cm³/mol. The van der Waals surface area contributed by atoms with Gasteiger partial charge in [0.05, 0.1) is 12.3 Å². The van der Waals surface area contributed by atoms with Gasteiger partial charge in [0.15, 0.2) is 0 Å². The lowest BCUT2D eigenvalue weighted by molar-refractivity contribution is 0.271. The molecule has 2 aromatic heterocycles. The van der Waals surface area contributed by atoms with Crippen molar-refractivity contribution in [2.45, 2.75) is 26.9 Å². The zero-order valence-corrected chi connectivity index (χ0v) is 15.7. The molecular formula is C19H22N2OS2. The van der Waals surface area contributed by atoms with Gasteiger partial charge in [-0.2, -0.15) is 0 Å². The van der Waals surface area contributed by atoms with E-state index in [1.807, 2.05) is 30.4 Å². The summed E-state index contributed by atoms with van der Waals surface area (Å²) in [6, 6.07) is 12.5. The Morgan fingerprint density at radius 3 is 2.54 bits per heavy atom. The lowest BCUT2D eigenvalue weighted by Gasteiger charge is -2.18. The average molecular weight is 359 g/mol. The van der Waals surface area contributed by atoms with Gasteiger partial charge < -0.3 is 4.74 Å². The Balaban J connectivity index is 1.65. The summed E-state index contributed by atoms with van der Waals surface area (Å²) < 4.78 is 5.50. The van der Waals surface area contributed by atoms with E-state index in [9.17, 15) is 0 Å². The van der Waals surface area contributed by atoms with Gasteiger partial charge in [0, 0.05) is 28.9 Å². The fourth-order valence-electron chi connectivity index (χ4n) is 2.50. The molecule has 0 unspecified atom stereocenters. The molecule has 1 aromatic carbocycles. The van der Waals surface area contributed by atoms with Gasteiger partial charge in [-0.05, 0) is 49.2 Å². The molecule has 0 spiro atoms. The van der Waals surface area contributed by atoms with Crippen LogP contribution in [0.2, 0.25) is 0 Å². The highest BCUT2D eigenvalue weighted by atomic mass is 32.1. The molecule has 2 heterocycles. The van der Waals surface area contributed by atoms with Crippen molar-refractivity contribution in [1.29, 1.82) is 0 Å². The molecule has 0 amide bonds. The predicted octanol–water partition coefficient (Wildman–Crippen LogP) is 5.29. The smallest absolute Gasteiger partial charge is 0.123 e. The number of nitrogens with zero attached hydrogens (tertiary/aromatic N) is 2. The van der Waals surface area contributed by atoms with E-state index in [1.165, 1.54) is 4.88 Å². The standard InChI is InChI=1S/C19H22N2OS2/c1-3-21(13-18-6-5-11-23-18)12-16-14-24-19(20-16)15-7-9-17(10-8-15)22-4-2/h5-11,14H,3-4,12-13H2,1-2H3. The normalized spacial score (nSPS) is 11.1. The maximum atomic E-state index is 5.50. The van der Waals surface area contributed by atoms with Gasteiger partial charge in [-0.25, -0.2) is 4.98 Å². The minimum atomic E-state index is 0.692. The summed E-state index contributed by atoms with van der Waals surface area (Å²) in [5, 5.41) is 5.37. The number of thiazole rings is 1. The Morgan fingerprint density at radius 1 is 1.04 bits per heavy atom. The van der Waals surface area contributed by atoms with Crippen LogP contribution in [0.3, 0.4) is 0 Å². The zero-order chi connectivity index (χ0) is 16.8. The van der Waals surface area contributed by atoms with E-state index in [0.717, 1.165) is 41.6 Å². The molecule has 0 aliphatic rings. The second kappa shape index (κ2) is 8.42. The summed E-state index contributed by atoms with van der Waals surface area (Å²) in [5.41, 5.74) is 2.29. The van der Waals surface area contributed by atoms with Crippen molar-refractivity contribution in [1.82, 2.24) is 9.88 Å². The Hall–Kier alpha value is -1.69. The van der Waals surface area contributed by atoms with E-state index in [0.29, 0.717) is 6.61 Å².